The van der Waals surface area contributed by atoms with Crippen LogP contribution in [0.2, 0.25) is 0 Å². The van der Waals surface area contributed by atoms with Gasteiger partial charge in [0.05, 0.1) is 17.9 Å². The molecule has 0 spiro atoms. The molecule has 0 amide bonds. The van der Waals surface area contributed by atoms with Gasteiger partial charge in [0.1, 0.15) is 0 Å². The van der Waals surface area contributed by atoms with Crippen molar-refractivity contribution in [1.29, 1.82) is 5.26 Å². The fraction of sp³-hybridized carbons (Fsp3) is 0.667. The molecule has 0 radical (unpaired) electrons. The second kappa shape index (κ2) is 3.01. The minimum Gasteiger partial charge on any atom is -0.319 e. The third kappa shape index (κ3) is 3.80. The SMILES string of the molecule is N#CCC(N)S. The monoisotopic (exact) mass is 102 g/mol. The molecule has 2 N–H and O–H groups in total. The van der Waals surface area contributed by atoms with E-state index >= 15 is 0 Å². The Bertz CT molecular complexity index is 63.7. The number of rotatable bonds is 1. The van der Waals surface area contributed by atoms with Gasteiger partial charge in [0, 0.05) is 0 Å². The van der Waals surface area contributed by atoms with Crippen molar-refractivity contribution < 1.29 is 0 Å². The van der Waals surface area contributed by atoms with Gasteiger partial charge in [-0.3, -0.25) is 0 Å². The van der Waals surface area contributed by atoms with Gasteiger partial charge in [0.15, 0.2) is 0 Å². The molecule has 0 saturated heterocycles. The number of nitriles is 1. The van der Waals surface area contributed by atoms with Gasteiger partial charge in [-0.15, -0.1) is 0 Å². The van der Waals surface area contributed by atoms with Gasteiger partial charge in [-0.25, -0.2) is 0 Å². The minimum atomic E-state index is -0.269. The number of hydrogen-bond donors (Lipinski definition) is 2. The lowest BCUT2D eigenvalue weighted by Gasteiger charge is -1.88. The van der Waals surface area contributed by atoms with E-state index in [-0.39, 0.29) is 5.37 Å². The van der Waals surface area contributed by atoms with Crippen LogP contribution in [0.25, 0.3) is 0 Å². The van der Waals surface area contributed by atoms with Crippen LogP contribution >= 0.6 is 12.6 Å². The molecule has 0 aromatic heterocycles. The van der Waals surface area contributed by atoms with E-state index < -0.39 is 0 Å². The summed E-state index contributed by atoms with van der Waals surface area (Å²) in [4.78, 5) is 0. The van der Waals surface area contributed by atoms with Crippen LogP contribution in [0.1, 0.15) is 6.42 Å². The fourth-order valence-corrected chi connectivity index (χ4v) is 0.175. The molecule has 3 heteroatoms. The van der Waals surface area contributed by atoms with Crippen molar-refractivity contribution in [3.05, 3.63) is 0 Å². The molecule has 2 nitrogen and oxygen atoms in total. The molecular weight excluding hydrogens is 96.1 g/mol. The van der Waals surface area contributed by atoms with Gasteiger partial charge in [-0.05, 0) is 0 Å². The maximum Gasteiger partial charge on any atom is 0.0647 e. The quantitative estimate of drug-likeness (QED) is 0.365. The van der Waals surface area contributed by atoms with E-state index in [0.29, 0.717) is 6.42 Å². The average molecular weight is 102 g/mol. The van der Waals surface area contributed by atoms with Crippen LogP contribution in [0.5, 0.6) is 0 Å². The van der Waals surface area contributed by atoms with Crippen molar-refractivity contribution in [2.75, 3.05) is 0 Å². The Labute approximate surface area is 42.4 Å². The van der Waals surface area contributed by atoms with Crippen LogP contribution in [0.15, 0.2) is 0 Å². The summed E-state index contributed by atoms with van der Waals surface area (Å²) in [7, 11) is 0. The lowest BCUT2D eigenvalue weighted by Crippen LogP contribution is -2.09. The molecule has 0 aliphatic carbocycles. The van der Waals surface area contributed by atoms with Crippen LogP contribution in [0, 0.1) is 11.3 Å². The Kier molecular flexibility index (Phi) is 2.91. The van der Waals surface area contributed by atoms with E-state index in [1.54, 1.807) is 0 Å². The molecule has 6 heavy (non-hydrogen) atoms. The van der Waals surface area contributed by atoms with Gasteiger partial charge in [0.25, 0.3) is 0 Å². The average Bonchev–Trinajstić information content (AvgIpc) is 1.35. The first-order valence-corrected chi connectivity index (χ1v) is 2.09. The second-order valence-corrected chi connectivity index (χ2v) is 1.59. The van der Waals surface area contributed by atoms with Gasteiger partial charge >= 0.3 is 0 Å². The molecule has 0 aliphatic rings. The maximum absolute atomic E-state index is 7.86. The predicted octanol–water partition coefficient (Wildman–Crippen LogP) is 0.115. The van der Waals surface area contributed by atoms with Crippen LogP contribution in [-0.2, 0) is 0 Å². The molecule has 1 unspecified atom stereocenters. The van der Waals surface area contributed by atoms with Crippen molar-refractivity contribution >= 4 is 12.6 Å². The second-order valence-electron chi connectivity index (χ2n) is 0.930. The summed E-state index contributed by atoms with van der Waals surface area (Å²) in [6.45, 7) is 0. The van der Waals surface area contributed by atoms with E-state index in [1.807, 2.05) is 6.07 Å². The van der Waals surface area contributed by atoms with Crippen molar-refractivity contribution in [1.82, 2.24) is 0 Å². The largest absolute Gasteiger partial charge is 0.319 e. The highest BCUT2D eigenvalue weighted by Crippen LogP contribution is 1.86. The van der Waals surface area contributed by atoms with Crippen molar-refractivity contribution in [3.63, 3.8) is 0 Å². The van der Waals surface area contributed by atoms with Crippen molar-refractivity contribution in [2.24, 2.45) is 5.73 Å². The number of nitrogens with two attached hydrogens (primary N) is 1. The first-order chi connectivity index (χ1) is 2.77. The lowest BCUT2D eigenvalue weighted by molar-refractivity contribution is 0.952. The van der Waals surface area contributed by atoms with E-state index in [1.165, 1.54) is 0 Å². The van der Waals surface area contributed by atoms with Crippen LogP contribution in [-0.4, -0.2) is 5.37 Å². The van der Waals surface area contributed by atoms with Gasteiger partial charge < -0.3 is 5.73 Å². The molecule has 0 aromatic carbocycles. The minimum absolute atomic E-state index is 0.269. The van der Waals surface area contributed by atoms with E-state index in [9.17, 15) is 0 Å². The highest BCUT2D eigenvalue weighted by atomic mass is 32.1. The van der Waals surface area contributed by atoms with Gasteiger partial charge in [-0.1, -0.05) is 0 Å². The molecular formula is C3H6N2S. The van der Waals surface area contributed by atoms with Crippen molar-refractivity contribution in [3.8, 4) is 6.07 Å². The topological polar surface area (TPSA) is 49.8 Å². The third-order valence-electron chi connectivity index (χ3n) is 0.300. The highest BCUT2D eigenvalue weighted by Gasteiger charge is 1.86. The summed E-state index contributed by atoms with van der Waals surface area (Å²) in [5, 5.41) is 7.59. The van der Waals surface area contributed by atoms with Crippen LogP contribution in [0.3, 0.4) is 0 Å². The lowest BCUT2D eigenvalue weighted by atomic mass is 10.5. The molecule has 0 heterocycles. The number of hydrogen-bond acceptors (Lipinski definition) is 3. The van der Waals surface area contributed by atoms with Crippen LogP contribution in [0.4, 0.5) is 0 Å². The summed E-state index contributed by atoms with van der Waals surface area (Å²) in [6.07, 6.45) is 0.323. The molecule has 0 rings (SSSR count). The number of nitrogens with zero attached hydrogens (tertiary/aromatic N) is 1. The molecule has 0 fully saturated rings. The van der Waals surface area contributed by atoms with Crippen LogP contribution < -0.4 is 5.73 Å². The maximum atomic E-state index is 7.86. The first kappa shape index (κ1) is 5.80. The van der Waals surface area contributed by atoms with E-state index in [0.717, 1.165) is 0 Å². The smallest absolute Gasteiger partial charge is 0.0647 e. The molecule has 0 aliphatic heterocycles. The highest BCUT2D eigenvalue weighted by molar-refractivity contribution is 7.80. The Morgan fingerprint density at radius 1 is 2.00 bits per heavy atom. The van der Waals surface area contributed by atoms with Crippen molar-refractivity contribution in [2.45, 2.75) is 11.8 Å². The molecule has 34 valence electrons. The summed E-state index contributed by atoms with van der Waals surface area (Å²) in [5.41, 5.74) is 5.04. The summed E-state index contributed by atoms with van der Waals surface area (Å²) in [6, 6.07) is 1.87. The number of thiol groups is 1. The Morgan fingerprint density at radius 2 is 2.50 bits per heavy atom. The Balaban J connectivity index is 2.88. The Hall–Kier alpha value is -0.200. The third-order valence-corrected chi connectivity index (χ3v) is 0.483. The molecule has 0 saturated carbocycles. The first-order valence-electron chi connectivity index (χ1n) is 1.58. The molecule has 0 aromatic rings. The zero-order valence-corrected chi connectivity index (χ0v) is 4.15. The zero-order chi connectivity index (χ0) is 4.99. The fourth-order valence-electron chi connectivity index (χ4n) is 0.0935. The standard InChI is InChI=1S/C3H6N2S/c4-2-1-3(5)6/h3,6H,1,5H2. The predicted molar refractivity (Wildman–Crippen MR) is 27.2 cm³/mol. The molecule has 1 atom stereocenters. The van der Waals surface area contributed by atoms with Gasteiger partial charge in [0.2, 0.25) is 0 Å². The van der Waals surface area contributed by atoms with Gasteiger partial charge in [-0.2, -0.15) is 17.9 Å². The van der Waals surface area contributed by atoms with E-state index in [2.05, 4.69) is 12.6 Å². The van der Waals surface area contributed by atoms with E-state index in [4.69, 9.17) is 11.0 Å². The molecule has 0 bridgehead atoms. The zero-order valence-electron chi connectivity index (χ0n) is 3.26. The summed E-state index contributed by atoms with van der Waals surface area (Å²) >= 11 is 3.73. The Morgan fingerprint density at radius 3 is 2.50 bits per heavy atom. The summed E-state index contributed by atoms with van der Waals surface area (Å²) < 4.78 is 0. The summed E-state index contributed by atoms with van der Waals surface area (Å²) in [5.74, 6) is 0. The normalized spacial score (nSPS) is 12.8.